The van der Waals surface area contributed by atoms with Gasteiger partial charge in [-0.25, -0.2) is 9.48 Å². The number of rotatable bonds is 5. The van der Waals surface area contributed by atoms with Crippen LogP contribution in [0.3, 0.4) is 0 Å². The highest BCUT2D eigenvalue weighted by Gasteiger charge is 2.28. The lowest BCUT2D eigenvalue weighted by Gasteiger charge is -2.30. The summed E-state index contributed by atoms with van der Waals surface area (Å²) >= 11 is 0. The summed E-state index contributed by atoms with van der Waals surface area (Å²) in [5.74, 6) is 0.492. The first kappa shape index (κ1) is 24.2. The summed E-state index contributed by atoms with van der Waals surface area (Å²) in [7, 11) is 3.28. The molecule has 4 aromatic rings. The standard InChI is InChI=1S/C27H34N6O3/c1-16-25(32(5)31-30-16)19-13-23-24(28-15-19)21-8-7-20(27(3,4)29-26(34)35-6)14-22(21)33(23)17(2)18-9-11-36-12-10-18/h7-8,13-15,17-18H,9-12H2,1-6H3,(H,29,34)/t17-/m1/s1. The highest BCUT2D eigenvalue weighted by atomic mass is 16.5. The number of methoxy groups -OCH3 is 1. The number of fused-ring (bicyclic) bond motifs is 3. The highest BCUT2D eigenvalue weighted by Crippen LogP contribution is 2.39. The van der Waals surface area contributed by atoms with Crippen LogP contribution in [0.1, 0.15) is 50.9 Å². The molecule has 4 heterocycles. The minimum atomic E-state index is -0.611. The Labute approximate surface area is 210 Å². The molecule has 3 aromatic heterocycles. The first-order valence-electron chi connectivity index (χ1n) is 12.5. The minimum Gasteiger partial charge on any atom is -0.453 e. The van der Waals surface area contributed by atoms with E-state index in [4.69, 9.17) is 14.5 Å². The van der Waals surface area contributed by atoms with E-state index in [-0.39, 0.29) is 6.04 Å². The van der Waals surface area contributed by atoms with Gasteiger partial charge < -0.3 is 19.4 Å². The van der Waals surface area contributed by atoms with Crippen LogP contribution in [0.5, 0.6) is 0 Å². The van der Waals surface area contributed by atoms with Crippen LogP contribution in [0.2, 0.25) is 0 Å². The van der Waals surface area contributed by atoms with Crippen LogP contribution in [0.4, 0.5) is 4.79 Å². The molecule has 1 atom stereocenters. The predicted molar refractivity (Wildman–Crippen MR) is 139 cm³/mol. The van der Waals surface area contributed by atoms with Gasteiger partial charge in [0.05, 0.1) is 40.6 Å². The molecule has 1 aliphatic heterocycles. The van der Waals surface area contributed by atoms with Crippen molar-refractivity contribution in [2.24, 2.45) is 13.0 Å². The maximum atomic E-state index is 12.0. The molecule has 0 saturated carbocycles. The summed E-state index contributed by atoms with van der Waals surface area (Å²) in [5, 5.41) is 12.5. The Morgan fingerprint density at radius 3 is 2.64 bits per heavy atom. The van der Waals surface area contributed by atoms with Gasteiger partial charge in [0, 0.05) is 43.4 Å². The molecule has 9 nitrogen and oxygen atoms in total. The van der Waals surface area contributed by atoms with E-state index < -0.39 is 11.6 Å². The molecule has 1 N–H and O–H groups in total. The average Bonchev–Trinajstić information content (AvgIpc) is 3.38. The highest BCUT2D eigenvalue weighted by molar-refractivity contribution is 6.07. The van der Waals surface area contributed by atoms with Crippen molar-refractivity contribution in [2.45, 2.75) is 52.1 Å². The number of hydrogen-bond acceptors (Lipinski definition) is 6. The second-order valence-electron chi connectivity index (χ2n) is 10.3. The van der Waals surface area contributed by atoms with Crippen molar-refractivity contribution in [3.63, 3.8) is 0 Å². The number of hydrogen-bond donors (Lipinski definition) is 1. The molecule has 0 bridgehead atoms. The monoisotopic (exact) mass is 490 g/mol. The molecule has 0 spiro atoms. The quantitative estimate of drug-likeness (QED) is 0.429. The summed E-state index contributed by atoms with van der Waals surface area (Å²) in [5.41, 5.74) is 6.36. The summed E-state index contributed by atoms with van der Waals surface area (Å²) in [4.78, 5) is 17.0. The Morgan fingerprint density at radius 2 is 1.97 bits per heavy atom. The second kappa shape index (κ2) is 9.20. The van der Waals surface area contributed by atoms with Crippen LogP contribution in [0, 0.1) is 12.8 Å². The summed E-state index contributed by atoms with van der Waals surface area (Å²) in [6.45, 7) is 9.80. The molecule has 190 valence electrons. The first-order valence-corrected chi connectivity index (χ1v) is 12.5. The predicted octanol–water partition coefficient (Wildman–Crippen LogP) is 4.87. The Bertz CT molecular complexity index is 1410. The SMILES string of the molecule is COC(=O)NC(C)(C)c1ccc2c3ncc(-c4c(C)nnn4C)cc3n([C@H](C)C3CCOCC3)c2c1. The van der Waals surface area contributed by atoms with Crippen molar-refractivity contribution in [3.8, 4) is 11.3 Å². The molecule has 0 radical (unpaired) electrons. The molecular weight excluding hydrogens is 456 g/mol. The van der Waals surface area contributed by atoms with E-state index in [0.29, 0.717) is 5.92 Å². The van der Waals surface area contributed by atoms with E-state index in [9.17, 15) is 4.79 Å². The molecule has 1 saturated heterocycles. The molecule has 9 heteroatoms. The molecule has 1 fully saturated rings. The Kier molecular flexibility index (Phi) is 6.20. The maximum absolute atomic E-state index is 12.0. The van der Waals surface area contributed by atoms with Crippen LogP contribution in [-0.2, 0) is 22.1 Å². The van der Waals surface area contributed by atoms with E-state index in [2.05, 4.69) is 51.4 Å². The molecule has 0 aliphatic carbocycles. The van der Waals surface area contributed by atoms with Gasteiger partial charge in [-0.3, -0.25) is 4.98 Å². The first-order chi connectivity index (χ1) is 17.2. The topological polar surface area (TPSA) is 96.1 Å². The van der Waals surface area contributed by atoms with E-state index >= 15 is 0 Å². The Balaban J connectivity index is 1.73. The van der Waals surface area contributed by atoms with Crippen LogP contribution < -0.4 is 5.32 Å². The van der Waals surface area contributed by atoms with E-state index in [1.54, 1.807) is 4.68 Å². The van der Waals surface area contributed by atoms with Gasteiger partial charge >= 0.3 is 6.09 Å². The zero-order chi connectivity index (χ0) is 25.6. The van der Waals surface area contributed by atoms with Crippen molar-refractivity contribution < 1.29 is 14.3 Å². The number of aromatic nitrogens is 5. The van der Waals surface area contributed by atoms with Gasteiger partial charge in [0.2, 0.25) is 0 Å². The van der Waals surface area contributed by atoms with Gasteiger partial charge in [-0.2, -0.15) is 0 Å². The van der Waals surface area contributed by atoms with Crippen LogP contribution in [0.15, 0.2) is 30.5 Å². The zero-order valence-corrected chi connectivity index (χ0v) is 21.8. The number of carbonyl (C=O) groups is 1. The minimum absolute atomic E-state index is 0.239. The fourth-order valence-corrected chi connectivity index (χ4v) is 5.51. The zero-order valence-electron chi connectivity index (χ0n) is 21.8. The van der Waals surface area contributed by atoms with Crippen LogP contribution in [0.25, 0.3) is 33.2 Å². The Hall–Kier alpha value is -3.46. The second-order valence-corrected chi connectivity index (χ2v) is 10.3. The summed E-state index contributed by atoms with van der Waals surface area (Å²) < 4.78 is 14.7. The van der Waals surface area contributed by atoms with Crippen molar-refractivity contribution in [1.29, 1.82) is 0 Å². The molecule has 0 unspecified atom stereocenters. The number of benzene rings is 1. The van der Waals surface area contributed by atoms with Crippen molar-refractivity contribution in [1.82, 2.24) is 29.9 Å². The molecular formula is C27H34N6O3. The molecule has 1 aliphatic rings. The fourth-order valence-electron chi connectivity index (χ4n) is 5.51. The molecule has 5 rings (SSSR count). The number of carbonyl (C=O) groups excluding carboxylic acids is 1. The lowest BCUT2D eigenvalue weighted by atomic mass is 9.91. The number of nitrogens with one attached hydrogen (secondary N) is 1. The third kappa shape index (κ3) is 4.11. The Morgan fingerprint density at radius 1 is 1.22 bits per heavy atom. The van der Waals surface area contributed by atoms with Crippen molar-refractivity contribution >= 4 is 28.0 Å². The fraction of sp³-hybridized carbons (Fsp3) is 0.481. The summed E-state index contributed by atoms with van der Waals surface area (Å²) in [6, 6.07) is 8.81. The van der Waals surface area contributed by atoms with Gasteiger partial charge in [0.15, 0.2) is 0 Å². The molecule has 1 amide bonds. The van der Waals surface area contributed by atoms with Gasteiger partial charge in [0.1, 0.15) is 0 Å². The molecule has 36 heavy (non-hydrogen) atoms. The van der Waals surface area contributed by atoms with E-state index in [0.717, 1.165) is 70.5 Å². The van der Waals surface area contributed by atoms with Gasteiger partial charge in [-0.1, -0.05) is 17.3 Å². The maximum Gasteiger partial charge on any atom is 0.407 e. The number of nitrogens with zero attached hydrogens (tertiary/aromatic N) is 5. The third-order valence-corrected chi connectivity index (χ3v) is 7.59. The lowest BCUT2D eigenvalue weighted by molar-refractivity contribution is 0.0525. The average molecular weight is 491 g/mol. The van der Waals surface area contributed by atoms with Gasteiger partial charge in [0.25, 0.3) is 0 Å². The number of alkyl carbamates (subject to hydrolysis) is 1. The third-order valence-electron chi connectivity index (χ3n) is 7.59. The van der Waals surface area contributed by atoms with Gasteiger partial charge in [-0.05, 0) is 64.2 Å². The lowest BCUT2D eigenvalue weighted by Crippen LogP contribution is -2.40. The van der Waals surface area contributed by atoms with Crippen molar-refractivity contribution in [3.05, 3.63) is 41.7 Å². The van der Waals surface area contributed by atoms with E-state index in [1.165, 1.54) is 7.11 Å². The van der Waals surface area contributed by atoms with Crippen molar-refractivity contribution in [2.75, 3.05) is 20.3 Å². The molecule has 1 aromatic carbocycles. The number of pyridine rings is 1. The van der Waals surface area contributed by atoms with E-state index in [1.807, 2.05) is 34.0 Å². The summed E-state index contributed by atoms with van der Waals surface area (Å²) in [6.07, 6.45) is 3.50. The van der Waals surface area contributed by atoms with Crippen LogP contribution >= 0.6 is 0 Å². The normalized spacial score (nSPS) is 15.9. The number of aryl methyl sites for hydroxylation is 2. The largest absolute Gasteiger partial charge is 0.453 e. The van der Waals surface area contributed by atoms with Gasteiger partial charge in [-0.15, -0.1) is 5.10 Å². The smallest absolute Gasteiger partial charge is 0.407 e. The number of amides is 1. The number of ether oxygens (including phenoxy) is 2. The van der Waals surface area contributed by atoms with Crippen LogP contribution in [-0.4, -0.2) is 51.0 Å².